The summed E-state index contributed by atoms with van der Waals surface area (Å²) in [5.41, 5.74) is 8.04. The lowest BCUT2D eigenvalue weighted by molar-refractivity contribution is 0.838. The highest BCUT2D eigenvalue weighted by molar-refractivity contribution is 7.20. The number of rotatable bonds is 3. The van der Waals surface area contributed by atoms with Gasteiger partial charge in [-0.1, -0.05) is 91.0 Å². The van der Waals surface area contributed by atoms with E-state index in [0.29, 0.717) is 0 Å². The summed E-state index contributed by atoms with van der Waals surface area (Å²) in [6, 6.07) is 35.7. The number of benzene rings is 5. The van der Waals surface area contributed by atoms with Crippen molar-refractivity contribution in [2.24, 2.45) is 0 Å². The van der Waals surface area contributed by atoms with Crippen LogP contribution in [0.2, 0.25) is 0 Å². The average molecular weight is 468 g/mol. The number of nitrogens with one attached hydrogen (secondary N) is 1. The molecular formula is C33H25NS. The van der Waals surface area contributed by atoms with Gasteiger partial charge in [-0.25, -0.2) is 0 Å². The molecule has 1 aromatic heterocycles. The Kier molecular flexibility index (Phi) is 4.75. The molecule has 1 aliphatic carbocycles. The van der Waals surface area contributed by atoms with E-state index in [1.54, 1.807) is 0 Å². The normalized spacial score (nSPS) is 13.2. The molecule has 0 unspecified atom stereocenters. The topological polar surface area (TPSA) is 12.0 Å². The summed E-state index contributed by atoms with van der Waals surface area (Å²) in [7, 11) is 2.03. The highest BCUT2D eigenvalue weighted by Crippen LogP contribution is 2.45. The molecule has 0 amide bonds. The third-order valence-electron chi connectivity index (χ3n) is 7.38. The Morgan fingerprint density at radius 1 is 0.600 bits per heavy atom. The highest BCUT2D eigenvalue weighted by atomic mass is 32.1. The van der Waals surface area contributed by atoms with E-state index >= 15 is 0 Å². The van der Waals surface area contributed by atoms with Gasteiger partial charge in [-0.15, -0.1) is 11.3 Å². The van der Waals surface area contributed by atoms with Gasteiger partial charge in [-0.05, 0) is 79.7 Å². The van der Waals surface area contributed by atoms with E-state index < -0.39 is 0 Å². The van der Waals surface area contributed by atoms with Crippen LogP contribution in [-0.4, -0.2) is 7.05 Å². The minimum absolute atomic E-state index is 1.09. The lowest BCUT2D eigenvalue weighted by atomic mass is 9.86. The van der Waals surface area contributed by atoms with Crippen LogP contribution in [0.1, 0.15) is 16.9 Å². The maximum absolute atomic E-state index is 3.35. The van der Waals surface area contributed by atoms with Crippen LogP contribution in [0.4, 0.5) is 0 Å². The SMILES string of the molecule is CNC1=Cc2sc3cc(-c4c5ccccc5c(-c5ccccc5)c5ccccc45)ccc3c2CC1. The first kappa shape index (κ1) is 20.5. The van der Waals surface area contributed by atoms with Crippen LogP contribution < -0.4 is 5.32 Å². The van der Waals surface area contributed by atoms with Gasteiger partial charge in [0, 0.05) is 22.3 Å². The zero-order chi connectivity index (χ0) is 23.4. The van der Waals surface area contributed by atoms with Crippen LogP contribution in [0.15, 0.2) is 103 Å². The van der Waals surface area contributed by atoms with Crippen molar-refractivity contribution in [1.82, 2.24) is 5.32 Å². The quantitative estimate of drug-likeness (QED) is 0.256. The molecule has 1 nitrogen and oxygen atoms in total. The van der Waals surface area contributed by atoms with E-state index in [9.17, 15) is 0 Å². The van der Waals surface area contributed by atoms with Crippen molar-refractivity contribution in [1.29, 1.82) is 0 Å². The largest absolute Gasteiger partial charge is 0.391 e. The smallest absolute Gasteiger partial charge is 0.0358 e. The molecule has 7 rings (SSSR count). The first-order chi connectivity index (χ1) is 17.3. The van der Waals surface area contributed by atoms with Crippen molar-refractivity contribution in [3.63, 3.8) is 0 Å². The molecule has 6 aromatic rings. The molecule has 0 radical (unpaired) electrons. The van der Waals surface area contributed by atoms with E-state index in [-0.39, 0.29) is 0 Å². The molecule has 1 N–H and O–H groups in total. The average Bonchev–Trinajstić information content (AvgIpc) is 3.29. The van der Waals surface area contributed by atoms with Gasteiger partial charge in [0.15, 0.2) is 0 Å². The monoisotopic (exact) mass is 467 g/mol. The highest BCUT2D eigenvalue weighted by Gasteiger charge is 2.19. The predicted octanol–water partition coefficient (Wildman–Crippen LogP) is 9.05. The van der Waals surface area contributed by atoms with Crippen LogP contribution in [0.5, 0.6) is 0 Å². The summed E-state index contributed by atoms with van der Waals surface area (Å²) < 4.78 is 1.38. The maximum Gasteiger partial charge on any atom is 0.0358 e. The van der Waals surface area contributed by atoms with E-state index in [1.165, 1.54) is 70.0 Å². The first-order valence-corrected chi connectivity index (χ1v) is 13.1. The molecule has 1 heterocycles. The Labute approximate surface area is 209 Å². The molecule has 35 heavy (non-hydrogen) atoms. The third kappa shape index (κ3) is 3.21. The van der Waals surface area contributed by atoms with E-state index in [1.807, 2.05) is 18.4 Å². The van der Waals surface area contributed by atoms with Crippen LogP contribution >= 0.6 is 11.3 Å². The molecule has 0 spiro atoms. The van der Waals surface area contributed by atoms with Crippen molar-refractivity contribution in [2.45, 2.75) is 12.8 Å². The van der Waals surface area contributed by atoms with Gasteiger partial charge in [-0.3, -0.25) is 0 Å². The zero-order valence-electron chi connectivity index (χ0n) is 19.6. The van der Waals surface area contributed by atoms with Crippen molar-refractivity contribution in [3.05, 3.63) is 113 Å². The van der Waals surface area contributed by atoms with Gasteiger partial charge in [0.2, 0.25) is 0 Å². The Morgan fingerprint density at radius 2 is 1.20 bits per heavy atom. The number of hydrogen-bond donors (Lipinski definition) is 1. The fourth-order valence-electron chi connectivity index (χ4n) is 5.74. The summed E-state index contributed by atoms with van der Waals surface area (Å²) in [5, 5.41) is 9.99. The molecule has 2 heteroatoms. The van der Waals surface area contributed by atoms with Crippen LogP contribution in [-0.2, 0) is 6.42 Å². The van der Waals surface area contributed by atoms with Crippen LogP contribution in [0, 0.1) is 0 Å². The van der Waals surface area contributed by atoms with E-state index in [0.717, 1.165) is 12.8 Å². The van der Waals surface area contributed by atoms with Gasteiger partial charge in [-0.2, -0.15) is 0 Å². The minimum Gasteiger partial charge on any atom is -0.391 e. The number of allylic oxidation sites excluding steroid dienone is 1. The first-order valence-electron chi connectivity index (χ1n) is 12.2. The molecule has 5 aromatic carbocycles. The molecular weight excluding hydrogens is 442 g/mol. The lowest BCUT2D eigenvalue weighted by Gasteiger charge is -2.17. The second-order valence-electron chi connectivity index (χ2n) is 9.28. The van der Waals surface area contributed by atoms with Gasteiger partial charge < -0.3 is 5.32 Å². The van der Waals surface area contributed by atoms with Crippen molar-refractivity contribution in [3.8, 4) is 22.3 Å². The lowest BCUT2D eigenvalue weighted by Crippen LogP contribution is -2.09. The predicted molar refractivity (Wildman–Crippen MR) is 153 cm³/mol. The Hall–Kier alpha value is -3.88. The van der Waals surface area contributed by atoms with Crippen LogP contribution in [0.25, 0.3) is 60.0 Å². The third-order valence-corrected chi connectivity index (χ3v) is 8.52. The van der Waals surface area contributed by atoms with Gasteiger partial charge in [0.05, 0.1) is 0 Å². The van der Waals surface area contributed by atoms with Crippen molar-refractivity contribution in [2.75, 3.05) is 7.05 Å². The summed E-state index contributed by atoms with van der Waals surface area (Å²) in [5.74, 6) is 0. The molecule has 0 saturated heterocycles. The van der Waals surface area contributed by atoms with E-state index in [2.05, 4.69) is 108 Å². The Bertz CT molecular complexity index is 1720. The standard InChI is InChI=1S/C33H25NS/c1-34-23-16-18-25-24-17-15-22(19-30(24)35-31(25)20-23)33-28-13-7-5-11-26(28)32(21-9-3-2-4-10-21)27-12-6-8-14-29(27)33/h2-15,17,19-20,34H,16,18H2,1H3. The van der Waals surface area contributed by atoms with E-state index in [4.69, 9.17) is 0 Å². The number of hydrogen-bond acceptors (Lipinski definition) is 2. The fraction of sp³-hybridized carbons (Fsp3) is 0.0909. The summed E-state index contributed by atoms with van der Waals surface area (Å²) in [4.78, 5) is 1.40. The molecule has 0 saturated carbocycles. The number of aryl methyl sites for hydroxylation is 1. The second-order valence-corrected chi connectivity index (χ2v) is 10.4. The Balaban J connectivity index is 1.54. The van der Waals surface area contributed by atoms with Crippen LogP contribution in [0.3, 0.4) is 0 Å². The van der Waals surface area contributed by atoms with Crippen molar-refractivity contribution < 1.29 is 0 Å². The minimum atomic E-state index is 1.09. The molecule has 0 aliphatic heterocycles. The fourth-order valence-corrected chi connectivity index (χ4v) is 7.00. The number of fused-ring (bicyclic) bond motifs is 5. The number of thiophene rings is 1. The molecule has 0 atom stereocenters. The van der Waals surface area contributed by atoms with Crippen molar-refractivity contribution >= 4 is 49.0 Å². The molecule has 0 bridgehead atoms. The van der Waals surface area contributed by atoms with Gasteiger partial charge in [0.25, 0.3) is 0 Å². The van der Waals surface area contributed by atoms with Gasteiger partial charge in [0.1, 0.15) is 0 Å². The summed E-state index contributed by atoms with van der Waals surface area (Å²) >= 11 is 1.92. The molecule has 168 valence electrons. The Morgan fingerprint density at radius 3 is 1.83 bits per heavy atom. The summed E-state index contributed by atoms with van der Waals surface area (Å²) in [6.45, 7) is 0. The summed E-state index contributed by atoms with van der Waals surface area (Å²) in [6.07, 6.45) is 4.54. The maximum atomic E-state index is 3.35. The zero-order valence-corrected chi connectivity index (χ0v) is 20.5. The molecule has 1 aliphatic rings. The second kappa shape index (κ2) is 8.11. The molecule has 0 fully saturated rings. The van der Waals surface area contributed by atoms with Gasteiger partial charge >= 0.3 is 0 Å².